The van der Waals surface area contributed by atoms with Crippen LogP contribution >= 0.6 is 15.9 Å². The fourth-order valence-corrected chi connectivity index (χ4v) is 3.66. The number of carbonyl (C=O) groups is 1. The van der Waals surface area contributed by atoms with E-state index in [9.17, 15) is 4.79 Å². The minimum atomic E-state index is -0.150. The second kappa shape index (κ2) is 9.20. The lowest BCUT2D eigenvalue weighted by atomic mass is 10.0. The van der Waals surface area contributed by atoms with Gasteiger partial charge in [0.25, 0.3) is 0 Å². The average molecular weight is 429 g/mol. The molecule has 1 N–H and O–H groups in total. The summed E-state index contributed by atoms with van der Waals surface area (Å²) in [6, 6.07) is 12.0. The van der Waals surface area contributed by atoms with Gasteiger partial charge in [0, 0.05) is 28.3 Å². The van der Waals surface area contributed by atoms with Crippen molar-refractivity contribution in [1.82, 2.24) is 4.90 Å². The first kappa shape index (κ1) is 19.6. The summed E-state index contributed by atoms with van der Waals surface area (Å²) < 4.78 is 6.56. The number of aryl methyl sites for hydroxylation is 1. The van der Waals surface area contributed by atoms with E-state index in [2.05, 4.69) is 45.3 Å². The molecule has 2 aromatic carbocycles. The second-order valence-corrected chi connectivity index (χ2v) is 7.68. The maximum absolute atomic E-state index is 12.4. The molecule has 0 unspecified atom stereocenters. The molecule has 3 rings (SSSR count). The van der Waals surface area contributed by atoms with Crippen LogP contribution in [-0.2, 0) is 17.8 Å². The van der Waals surface area contributed by atoms with E-state index >= 15 is 0 Å². The van der Waals surface area contributed by atoms with Crippen molar-refractivity contribution in [2.45, 2.75) is 26.3 Å². The molecular formula is C22H25BrN2O2. The third kappa shape index (κ3) is 5.44. The molecule has 1 amide bonds. The predicted octanol–water partition coefficient (Wildman–Crippen LogP) is 4.88. The van der Waals surface area contributed by atoms with Crippen molar-refractivity contribution in [2.24, 2.45) is 0 Å². The van der Waals surface area contributed by atoms with E-state index in [-0.39, 0.29) is 5.91 Å². The number of nitrogens with zero attached hydrogens (tertiary/aromatic N) is 1. The Bertz CT molecular complexity index is 848. The summed E-state index contributed by atoms with van der Waals surface area (Å²) >= 11 is 3.46. The van der Waals surface area contributed by atoms with Gasteiger partial charge in [-0.2, -0.15) is 0 Å². The van der Waals surface area contributed by atoms with E-state index in [1.807, 2.05) is 31.2 Å². The van der Waals surface area contributed by atoms with Crippen LogP contribution in [0.2, 0.25) is 0 Å². The summed E-state index contributed by atoms with van der Waals surface area (Å²) in [5, 5.41) is 2.97. The van der Waals surface area contributed by atoms with Gasteiger partial charge in [0.05, 0.1) is 6.61 Å². The molecule has 1 aliphatic heterocycles. The third-order valence-corrected chi connectivity index (χ3v) is 5.08. The van der Waals surface area contributed by atoms with Gasteiger partial charge >= 0.3 is 0 Å². The highest BCUT2D eigenvalue weighted by atomic mass is 79.9. The van der Waals surface area contributed by atoms with Crippen LogP contribution in [0.4, 0.5) is 5.69 Å². The van der Waals surface area contributed by atoms with E-state index in [0.29, 0.717) is 6.61 Å². The topological polar surface area (TPSA) is 41.6 Å². The van der Waals surface area contributed by atoms with Gasteiger partial charge in [0.1, 0.15) is 5.75 Å². The Morgan fingerprint density at radius 2 is 2.11 bits per heavy atom. The second-order valence-electron chi connectivity index (χ2n) is 6.76. The molecule has 0 bridgehead atoms. The van der Waals surface area contributed by atoms with Crippen molar-refractivity contribution in [1.29, 1.82) is 0 Å². The van der Waals surface area contributed by atoms with Crippen LogP contribution in [0.15, 0.2) is 46.9 Å². The number of rotatable bonds is 5. The molecule has 0 saturated carbocycles. The van der Waals surface area contributed by atoms with Gasteiger partial charge < -0.3 is 15.0 Å². The molecule has 2 aromatic rings. The molecular weight excluding hydrogens is 404 g/mol. The largest absolute Gasteiger partial charge is 0.493 e. The van der Waals surface area contributed by atoms with Gasteiger partial charge in [0.15, 0.2) is 0 Å². The molecule has 0 radical (unpaired) electrons. The van der Waals surface area contributed by atoms with Gasteiger partial charge in [-0.15, -0.1) is 0 Å². The first-order valence-electron chi connectivity index (χ1n) is 9.27. The summed E-state index contributed by atoms with van der Waals surface area (Å²) in [4.78, 5) is 14.7. The quantitative estimate of drug-likeness (QED) is 0.689. The highest BCUT2D eigenvalue weighted by molar-refractivity contribution is 9.10. The van der Waals surface area contributed by atoms with Gasteiger partial charge in [-0.1, -0.05) is 22.0 Å². The van der Waals surface area contributed by atoms with E-state index in [1.54, 1.807) is 12.2 Å². The van der Waals surface area contributed by atoms with Crippen molar-refractivity contribution >= 4 is 33.6 Å². The number of ether oxygens (including phenoxy) is 1. The summed E-state index contributed by atoms with van der Waals surface area (Å²) in [6.07, 6.45) is 5.52. The molecule has 142 valence electrons. The lowest BCUT2D eigenvalue weighted by Crippen LogP contribution is -2.17. The zero-order valence-electron chi connectivity index (χ0n) is 15.8. The van der Waals surface area contributed by atoms with Crippen LogP contribution < -0.4 is 10.1 Å². The Hall–Kier alpha value is -2.11. The summed E-state index contributed by atoms with van der Waals surface area (Å²) in [5.41, 5.74) is 4.38. The first-order valence-corrected chi connectivity index (χ1v) is 10.1. The Labute approximate surface area is 169 Å². The Morgan fingerprint density at radius 1 is 1.26 bits per heavy atom. The first-order chi connectivity index (χ1) is 13.0. The lowest BCUT2D eigenvalue weighted by molar-refractivity contribution is -0.111. The molecule has 0 spiro atoms. The van der Waals surface area contributed by atoms with Gasteiger partial charge in [-0.05, 0) is 80.9 Å². The SMILES string of the molecule is CCOc1ccc(Br)cc1/C=C/C(=O)Nc1ccc2c(c1)CCCN(C)C2. The summed E-state index contributed by atoms with van der Waals surface area (Å²) in [6.45, 7) is 4.60. The summed E-state index contributed by atoms with van der Waals surface area (Å²) in [5.74, 6) is 0.613. The van der Waals surface area contributed by atoms with Crippen molar-refractivity contribution < 1.29 is 9.53 Å². The third-order valence-electron chi connectivity index (χ3n) is 4.59. The van der Waals surface area contributed by atoms with Gasteiger partial charge in [-0.3, -0.25) is 4.79 Å². The zero-order chi connectivity index (χ0) is 19.2. The molecule has 5 heteroatoms. The van der Waals surface area contributed by atoms with Crippen LogP contribution in [0.1, 0.15) is 30.0 Å². The highest BCUT2D eigenvalue weighted by Crippen LogP contribution is 2.25. The molecule has 1 aliphatic rings. The van der Waals surface area contributed by atoms with E-state index in [4.69, 9.17) is 4.74 Å². The molecule has 0 atom stereocenters. The van der Waals surface area contributed by atoms with Crippen LogP contribution in [0, 0.1) is 0 Å². The van der Waals surface area contributed by atoms with Crippen molar-refractivity contribution in [3.8, 4) is 5.75 Å². The Morgan fingerprint density at radius 3 is 2.93 bits per heavy atom. The molecule has 0 aromatic heterocycles. The number of halogens is 1. The molecule has 0 aliphatic carbocycles. The van der Waals surface area contributed by atoms with Gasteiger partial charge in [0.2, 0.25) is 5.91 Å². The Kier molecular flexibility index (Phi) is 6.69. The number of hydrogen-bond donors (Lipinski definition) is 1. The van der Waals surface area contributed by atoms with Crippen molar-refractivity contribution in [3.63, 3.8) is 0 Å². The zero-order valence-corrected chi connectivity index (χ0v) is 17.4. The van der Waals surface area contributed by atoms with Crippen LogP contribution in [0.25, 0.3) is 6.08 Å². The molecule has 1 heterocycles. The normalized spacial score (nSPS) is 14.6. The molecule has 0 fully saturated rings. The molecule has 0 saturated heterocycles. The smallest absolute Gasteiger partial charge is 0.248 e. The number of fused-ring (bicyclic) bond motifs is 1. The van der Waals surface area contributed by atoms with Crippen molar-refractivity contribution in [2.75, 3.05) is 25.5 Å². The van der Waals surface area contributed by atoms with E-state index in [0.717, 1.165) is 47.4 Å². The minimum absolute atomic E-state index is 0.150. The molecule has 27 heavy (non-hydrogen) atoms. The lowest BCUT2D eigenvalue weighted by Gasteiger charge is -2.14. The number of nitrogens with one attached hydrogen (secondary N) is 1. The monoisotopic (exact) mass is 428 g/mol. The van der Waals surface area contributed by atoms with Crippen LogP contribution in [0.5, 0.6) is 5.75 Å². The Balaban J connectivity index is 1.70. The fraction of sp³-hybridized carbons (Fsp3) is 0.318. The van der Waals surface area contributed by atoms with Crippen LogP contribution in [-0.4, -0.2) is 31.0 Å². The standard InChI is InChI=1S/C22H25BrN2O2/c1-3-27-21-10-8-19(23)13-17(21)7-11-22(26)24-20-9-6-18-15-25(2)12-4-5-16(18)14-20/h6-11,13-14H,3-5,12,15H2,1-2H3,(H,24,26)/b11-7+. The number of amides is 1. The van der Waals surface area contributed by atoms with E-state index < -0.39 is 0 Å². The summed E-state index contributed by atoms with van der Waals surface area (Å²) in [7, 11) is 2.15. The minimum Gasteiger partial charge on any atom is -0.493 e. The maximum atomic E-state index is 12.4. The maximum Gasteiger partial charge on any atom is 0.248 e. The average Bonchev–Trinajstić information content (AvgIpc) is 2.82. The fourth-order valence-electron chi connectivity index (χ4n) is 3.29. The molecule has 4 nitrogen and oxygen atoms in total. The number of benzene rings is 2. The van der Waals surface area contributed by atoms with Crippen molar-refractivity contribution in [3.05, 3.63) is 63.6 Å². The van der Waals surface area contributed by atoms with Gasteiger partial charge in [-0.25, -0.2) is 0 Å². The van der Waals surface area contributed by atoms with Crippen LogP contribution in [0.3, 0.4) is 0 Å². The predicted molar refractivity (Wildman–Crippen MR) is 114 cm³/mol. The highest BCUT2D eigenvalue weighted by Gasteiger charge is 2.12. The number of anilines is 1. The number of hydrogen-bond acceptors (Lipinski definition) is 3. The van der Waals surface area contributed by atoms with E-state index in [1.165, 1.54) is 11.1 Å². The number of carbonyl (C=O) groups excluding carboxylic acids is 1.